The van der Waals surface area contributed by atoms with Crippen LogP contribution in [0.25, 0.3) is 11.0 Å². The Kier molecular flexibility index (Phi) is 4.78. The van der Waals surface area contributed by atoms with Gasteiger partial charge in [0.25, 0.3) is 0 Å². The van der Waals surface area contributed by atoms with Crippen LogP contribution in [0.15, 0.2) is 30.6 Å². The Morgan fingerprint density at radius 2 is 2.03 bits per heavy atom. The van der Waals surface area contributed by atoms with Crippen molar-refractivity contribution < 1.29 is 22.6 Å². The number of hydrogen-bond donors (Lipinski definition) is 2. The number of aromatic amines is 1. The van der Waals surface area contributed by atoms with Crippen LogP contribution in [-0.2, 0) is 10.9 Å². The lowest BCUT2D eigenvalue weighted by atomic mass is 9.91. The van der Waals surface area contributed by atoms with Gasteiger partial charge in [0.15, 0.2) is 0 Å². The van der Waals surface area contributed by atoms with Crippen molar-refractivity contribution in [3.05, 3.63) is 47.4 Å². The van der Waals surface area contributed by atoms with E-state index < -0.39 is 11.9 Å². The summed E-state index contributed by atoms with van der Waals surface area (Å²) in [7, 11) is 1.69. The molecule has 0 aliphatic carbocycles. The van der Waals surface area contributed by atoms with Crippen LogP contribution in [-0.4, -0.2) is 58.8 Å². The van der Waals surface area contributed by atoms with Crippen LogP contribution in [0.1, 0.15) is 22.9 Å². The van der Waals surface area contributed by atoms with Crippen molar-refractivity contribution in [1.82, 2.24) is 19.9 Å². The highest BCUT2D eigenvalue weighted by atomic mass is 19.4. The smallest absolute Gasteiger partial charge is 0.431 e. The number of rotatable bonds is 4. The number of halogens is 3. The minimum Gasteiger partial charge on any atom is -0.491 e. The quantitative estimate of drug-likeness (QED) is 0.656. The Labute approximate surface area is 176 Å². The number of anilines is 1. The molecule has 0 radical (unpaired) electrons. The Hall–Kier alpha value is -2.85. The molecule has 4 heterocycles. The summed E-state index contributed by atoms with van der Waals surface area (Å²) in [6.07, 6.45) is -3.06. The van der Waals surface area contributed by atoms with Crippen LogP contribution in [0.4, 0.5) is 19.0 Å². The highest BCUT2D eigenvalue weighted by Gasteiger charge is 2.41. The van der Waals surface area contributed by atoms with E-state index in [4.69, 9.17) is 9.47 Å². The molecular formula is C21H22F3N5O2. The summed E-state index contributed by atoms with van der Waals surface area (Å²) in [4.78, 5) is 12.8. The second-order valence-electron chi connectivity index (χ2n) is 8.02. The van der Waals surface area contributed by atoms with E-state index in [0.717, 1.165) is 36.0 Å². The summed E-state index contributed by atoms with van der Waals surface area (Å²) >= 11 is 0. The molecule has 2 N–H and O–H groups in total. The third-order valence-corrected chi connectivity index (χ3v) is 6.00. The standard InChI is InChI=1S/C21H22F3N5O2/c1-11-3-4-13-16(5-11)31-9-15(29-7-12(8-29)30-2)18(13)28-20-14-6-17(21(22,23)24)27-19(14)25-10-26-20/h3-6,10,12,15,18H,7-9H2,1-2H3,(H2,25,26,27,28)/t15-,18-/m0/s1. The first-order chi connectivity index (χ1) is 14.8. The van der Waals surface area contributed by atoms with Gasteiger partial charge in [-0.1, -0.05) is 12.1 Å². The van der Waals surface area contributed by atoms with Gasteiger partial charge in [-0.05, 0) is 24.6 Å². The van der Waals surface area contributed by atoms with Gasteiger partial charge < -0.3 is 19.8 Å². The van der Waals surface area contributed by atoms with Gasteiger partial charge in [0.2, 0.25) is 0 Å². The molecule has 0 saturated carbocycles. The molecule has 0 spiro atoms. The molecule has 1 fully saturated rings. The Balaban J connectivity index is 1.52. The molecule has 0 bridgehead atoms. The van der Waals surface area contributed by atoms with Gasteiger partial charge in [-0.25, -0.2) is 9.97 Å². The van der Waals surface area contributed by atoms with Gasteiger partial charge in [0, 0.05) is 25.8 Å². The highest BCUT2D eigenvalue weighted by molar-refractivity contribution is 5.88. The number of nitrogens with one attached hydrogen (secondary N) is 2. The number of H-pyrrole nitrogens is 1. The lowest BCUT2D eigenvalue weighted by Gasteiger charge is -2.48. The van der Waals surface area contributed by atoms with Crippen molar-refractivity contribution >= 4 is 16.9 Å². The topological polar surface area (TPSA) is 75.3 Å². The fourth-order valence-corrected chi connectivity index (χ4v) is 4.24. The number of aryl methyl sites for hydroxylation is 1. The van der Waals surface area contributed by atoms with Gasteiger partial charge in [0.05, 0.1) is 23.6 Å². The third kappa shape index (κ3) is 3.59. The average molecular weight is 433 g/mol. The first kappa shape index (κ1) is 20.1. The van der Waals surface area contributed by atoms with E-state index >= 15 is 0 Å². The molecule has 1 aromatic carbocycles. The Bertz CT molecular complexity index is 1110. The predicted octanol–water partition coefficient (Wildman–Crippen LogP) is 3.53. The van der Waals surface area contributed by atoms with Crippen LogP contribution >= 0.6 is 0 Å². The van der Waals surface area contributed by atoms with Gasteiger partial charge in [-0.2, -0.15) is 13.2 Å². The summed E-state index contributed by atoms with van der Waals surface area (Å²) < 4.78 is 51.1. The van der Waals surface area contributed by atoms with E-state index in [1.807, 2.05) is 25.1 Å². The molecule has 1 saturated heterocycles. The van der Waals surface area contributed by atoms with Crippen molar-refractivity contribution in [2.45, 2.75) is 31.3 Å². The molecule has 0 amide bonds. The molecule has 2 atom stereocenters. The van der Waals surface area contributed by atoms with Crippen LogP contribution in [0.5, 0.6) is 5.75 Å². The second kappa shape index (κ2) is 7.38. The van der Waals surface area contributed by atoms with Crippen LogP contribution in [0.3, 0.4) is 0 Å². The molecule has 164 valence electrons. The summed E-state index contributed by atoms with van der Waals surface area (Å²) in [5.41, 5.74) is 1.31. The number of methoxy groups -OCH3 is 1. The molecule has 2 aliphatic heterocycles. The second-order valence-corrected chi connectivity index (χ2v) is 8.02. The predicted molar refractivity (Wildman–Crippen MR) is 108 cm³/mol. The zero-order valence-corrected chi connectivity index (χ0v) is 17.0. The van der Waals surface area contributed by atoms with E-state index in [9.17, 15) is 13.2 Å². The van der Waals surface area contributed by atoms with Crippen molar-refractivity contribution in [1.29, 1.82) is 0 Å². The molecule has 5 rings (SSSR count). The normalized spacial score (nSPS) is 22.1. The summed E-state index contributed by atoms with van der Waals surface area (Å²) in [6, 6.07) is 6.78. The maximum Gasteiger partial charge on any atom is 0.431 e. The van der Waals surface area contributed by atoms with Crippen molar-refractivity contribution in [2.24, 2.45) is 0 Å². The van der Waals surface area contributed by atoms with Gasteiger partial charge >= 0.3 is 6.18 Å². The fraction of sp³-hybridized carbons (Fsp3) is 0.429. The number of alkyl halides is 3. The summed E-state index contributed by atoms with van der Waals surface area (Å²) in [5.74, 6) is 1.12. The van der Waals surface area contributed by atoms with E-state index in [1.165, 1.54) is 6.33 Å². The van der Waals surface area contributed by atoms with Crippen LogP contribution in [0.2, 0.25) is 0 Å². The van der Waals surface area contributed by atoms with Gasteiger partial charge in [0.1, 0.15) is 35.8 Å². The fourth-order valence-electron chi connectivity index (χ4n) is 4.24. The van der Waals surface area contributed by atoms with E-state index in [0.29, 0.717) is 17.8 Å². The van der Waals surface area contributed by atoms with Crippen LogP contribution < -0.4 is 10.1 Å². The number of aromatic nitrogens is 3. The SMILES string of the molecule is COC1CN([C@H]2COc3cc(C)ccc3[C@@H]2Nc2ncnc3[nH]c(C(F)(F)F)cc23)C1. The lowest BCUT2D eigenvalue weighted by molar-refractivity contribution is -0.140. The van der Waals surface area contributed by atoms with E-state index in [-0.39, 0.29) is 23.8 Å². The zero-order chi connectivity index (χ0) is 21.8. The molecule has 2 aromatic heterocycles. The number of hydrogen-bond acceptors (Lipinski definition) is 6. The van der Waals surface area contributed by atoms with Gasteiger partial charge in [-0.3, -0.25) is 4.90 Å². The monoisotopic (exact) mass is 433 g/mol. The highest BCUT2D eigenvalue weighted by Crippen LogP contribution is 2.40. The average Bonchev–Trinajstić information content (AvgIpc) is 3.14. The lowest BCUT2D eigenvalue weighted by Crippen LogP contribution is -2.60. The molecule has 7 nitrogen and oxygen atoms in total. The van der Waals surface area contributed by atoms with E-state index in [2.05, 4.69) is 25.2 Å². The van der Waals surface area contributed by atoms with E-state index in [1.54, 1.807) is 7.11 Å². The van der Waals surface area contributed by atoms with Crippen molar-refractivity contribution in [3.63, 3.8) is 0 Å². The first-order valence-corrected chi connectivity index (χ1v) is 10.0. The maximum absolute atomic E-state index is 13.2. The number of ether oxygens (including phenoxy) is 2. The summed E-state index contributed by atoms with van der Waals surface area (Å²) in [6.45, 7) is 3.99. The molecule has 0 unspecified atom stereocenters. The number of likely N-dealkylation sites (tertiary alicyclic amines) is 1. The number of fused-ring (bicyclic) bond motifs is 2. The van der Waals surface area contributed by atoms with Gasteiger partial charge in [-0.15, -0.1) is 0 Å². The molecular weight excluding hydrogens is 411 g/mol. The molecule has 2 aliphatic rings. The summed E-state index contributed by atoms with van der Waals surface area (Å²) in [5, 5.41) is 3.69. The first-order valence-electron chi connectivity index (χ1n) is 10.0. The Morgan fingerprint density at radius 1 is 1.23 bits per heavy atom. The third-order valence-electron chi connectivity index (χ3n) is 6.00. The van der Waals surface area contributed by atoms with Crippen molar-refractivity contribution in [2.75, 3.05) is 32.1 Å². The largest absolute Gasteiger partial charge is 0.491 e. The number of nitrogens with zero attached hydrogens (tertiary/aromatic N) is 3. The molecule has 10 heteroatoms. The zero-order valence-electron chi connectivity index (χ0n) is 17.0. The molecule has 31 heavy (non-hydrogen) atoms. The minimum atomic E-state index is -4.49. The maximum atomic E-state index is 13.2. The molecule has 3 aromatic rings. The number of benzene rings is 1. The van der Waals surface area contributed by atoms with Crippen LogP contribution in [0, 0.1) is 6.92 Å². The van der Waals surface area contributed by atoms with Crippen molar-refractivity contribution in [3.8, 4) is 5.75 Å². The Morgan fingerprint density at radius 3 is 2.77 bits per heavy atom. The minimum absolute atomic E-state index is 0.0207.